The average Bonchev–Trinajstić information content (AvgIpc) is 3.40. The summed E-state index contributed by atoms with van der Waals surface area (Å²) >= 11 is 0. The van der Waals surface area contributed by atoms with Crippen LogP contribution in [0.25, 0.3) is 11.1 Å². The Morgan fingerprint density at radius 2 is 1.88 bits per heavy atom. The highest BCUT2D eigenvalue weighted by Gasteiger charge is 2.27. The molecule has 2 heterocycles. The first kappa shape index (κ1) is 21.6. The second-order valence-electron chi connectivity index (χ2n) is 7.22. The number of aryl methyl sites for hydroxylation is 1. The zero-order valence-electron chi connectivity index (χ0n) is 17.1. The Labute approximate surface area is 183 Å². The number of carbonyl (C=O) groups excluding carboxylic acids is 1. The summed E-state index contributed by atoms with van der Waals surface area (Å²) in [5.41, 5.74) is 1.39. The van der Waals surface area contributed by atoms with Gasteiger partial charge in [0.1, 0.15) is 11.8 Å². The number of oxazole rings is 1. The van der Waals surface area contributed by atoms with Crippen molar-refractivity contribution in [1.29, 1.82) is 0 Å². The molecule has 1 unspecified atom stereocenters. The molecule has 0 bridgehead atoms. The number of nitrogens with one attached hydrogen (secondary N) is 2. The standard InChI is InChI=1S/C22H21N3O6S/c1-25-19-10-9-17(13-20(19)31-22(25)27)32(28,29)24-18(12-15-6-3-2-4-7-15)21(26)23-14-16-8-5-11-30-16/h2-11,13,18,24H,12,14H2,1H3,(H,23,26). The van der Waals surface area contributed by atoms with Gasteiger partial charge in [-0.1, -0.05) is 30.3 Å². The number of carbonyl (C=O) groups is 1. The predicted molar refractivity (Wildman–Crippen MR) is 116 cm³/mol. The van der Waals surface area contributed by atoms with E-state index in [0.717, 1.165) is 5.56 Å². The lowest BCUT2D eigenvalue weighted by Crippen LogP contribution is -2.47. The fraction of sp³-hybridized carbons (Fsp3) is 0.182. The first-order chi connectivity index (χ1) is 15.3. The zero-order valence-corrected chi connectivity index (χ0v) is 18.0. The van der Waals surface area contributed by atoms with Crippen molar-refractivity contribution in [3.63, 3.8) is 0 Å². The van der Waals surface area contributed by atoms with Crippen LogP contribution in [0.4, 0.5) is 0 Å². The lowest BCUT2D eigenvalue weighted by Gasteiger charge is -2.18. The normalized spacial score (nSPS) is 12.7. The van der Waals surface area contributed by atoms with Crippen molar-refractivity contribution in [3.8, 4) is 0 Å². The lowest BCUT2D eigenvalue weighted by atomic mass is 10.1. The predicted octanol–water partition coefficient (Wildman–Crippen LogP) is 1.93. The molecule has 4 aromatic rings. The molecular formula is C22H21N3O6S. The van der Waals surface area contributed by atoms with E-state index in [0.29, 0.717) is 11.3 Å². The largest absolute Gasteiger partial charge is 0.467 e. The Morgan fingerprint density at radius 1 is 1.09 bits per heavy atom. The molecule has 0 saturated carbocycles. The minimum atomic E-state index is -4.10. The van der Waals surface area contributed by atoms with Crippen molar-refractivity contribution in [2.45, 2.75) is 23.9 Å². The highest BCUT2D eigenvalue weighted by Crippen LogP contribution is 2.19. The molecule has 166 valence electrons. The lowest BCUT2D eigenvalue weighted by molar-refractivity contribution is -0.122. The van der Waals surface area contributed by atoms with E-state index in [1.54, 1.807) is 12.1 Å². The Kier molecular flexibility index (Phi) is 5.97. The molecule has 1 amide bonds. The molecule has 2 aromatic heterocycles. The van der Waals surface area contributed by atoms with Crippen LogP contribution < -0.4 is 15.8 Å². The molecule has 0 fully saturated rings. The van der Waals surface area contributed by atoms with Gasteiger partial charge in [0.2, 0.25) is 15.9 Å². The molecule has 10 heteroatoms. The molecular weight excluding hydrogens is 434 g/mol. The molecule has 0 spiro atoms. The van der Waals surface area contributed by atoms with E-state index in [4.69, 9.17) is 8.83 Å². The maximum atomic E-state index is 13.1. The molecule has 0 radical (unpaired) electrons. The summed E-state index contributed by atoms with van der Waals surface area (Å²) in [6.45, 7) is 0.125. The molecule has 2 N–H and O–H groups in total. The Bertz CT molecular complexity index is 1390. The van der Waals surface area contributed by atoms with E-state index in [9.17, 15) is 18.0 Å². The Hall–Kier alpha value is -3.63. The summed E-state index contributed by atoms with van der Waals surface area (Å²) in [7, 11) is -2.57. The summed E-state index contributed by atoms with van der Waals surface area (Å²) in [5.74, 6) is -0.549. The van der Waals surface area contributed by atoms with E-state index in [-0.39, 0.29) is 23.4 Å². The summed E-state index contributed by atoms with van der Waals surface area (Å²) < 4.78 is 40.2. The number of benzene rings is 2. The number of aromatic nitrogens is 1. The van der Waals surface area contributed by atoms with Crippen molar-refractivity contribution >= 4 is 27.0 Å². The fourth-order valence-electron chi connectivity index (χ4n) is 3.28. The molecule has 1 atom stereocenters. The quantitative estimate of drug-likeness (QED) is 0.418. The van der Waals surface area contributed by atoms with Crippen LogP contribution in [-0.4, -0.2) is 24.9 Å². The van der Waals surface area contributed by atoms with Gasteiger partial charge in [-0.15, -0.1) is 0 Å². The van der Waals surface area contributed by atoms with Crippen molar-refractivity contribution < 1.29 is 22.0 Å². The number of hydrogen-bond acceptors (Lipinski definition) is 6. The van der Waals surface area contributed by atoms with Gasteiger partial charge < -0.3 is 14.2 Å². The van der Waals surface area contributed by atoms with Crippen molar-refractivity contribution in [2.75, 3.05) is 0 Å². The van der Waals surface area contributed by atoms with Crippen LogP contribution in [0, 0.1) is 0 Å². The molecule has 9 nitrogen and oxygen atoms in total. The van der Waals surface area contributed by atoms with Crippen LogP contribution in [0.15, 0.2) is 85.5 Å². The average molecular weight is 455 g/mol. The second-order valence-corrected chi connectivity index (χ2v) is 8.93. The van der Waals surface area contributed by atoms with Gasteiger partial charge in [0.15, 0.2) is 5.58 Å². The number of amides is 1. The van der Waals surface area contributed by atoms with Crippen LogP contribution in [-0.2, 0) is 34.8 Å². The number of nitrogens with zero attached hydrogens (tertiary/aromatic N) is 1. The van der Waals surface area contributed by atoms with Gasteiger partial charge in [0.25, 0.3) is 0 Å². The second kappa shape index (κ2) is 8.85. The van der Waals surface area contributed by atoms with Crippen LogP contribution in [0.5, 0.6) is 0 Å². The van der Waals surface area contributed by atoms with E-state index < -0.39 is 27.7 Å². The van der Waals surface area contributed by atoms with E-state index in [2.05, 4.69) is 10.0 Å². The smallest absolute Gasteiger partial charge is 0.419 e. The van der Waals surface area contributed by atoms with Gasteiger partial charge in [-0.05, 0) is 36.2 Å². The summed E-state index contributed by atoms with van der Waals surface area (Å²) in [6.07, 6.45) is 1.64. The monoisotopic (exact) mass is 455 g/mol. The third-order valence-corrected chi connectivity index (χ3v) is 6.46. The first-order valence-corrected chi connectivity index (χ1v) is 11.3. The molecule has 2 aromatic carbocycles. The highest BCUT2D eigenvalue weighted by molar-refractivity contribution is 7.89. The van der Waals surface area contributed by atoms with Crippen molar-refractivity contribution in [2.24, 2.45) is 7.05 Å². The zero-order chi connectivity index (χ0) is 22.7. The van der Waals surface area contributed by atoms with E-state index in [1.165, 1.54) is 36.1 Å². The topological polar surface area (TPSA) is 124 Å². The van der Waals surface area contributed by atoms with Gasteiger partial charge >= 0.3 is 5.76 Å². The number of fused-ring (bicyclic) bond motifs is 1. The van der Waals surface area contributed by atoms with Crippen LogP contribution in [0.1, 0.15) is 11.3 Å². The first-order valence-electron chi connectivity index (χ1n) is 9.79. The number of hydrogen-bond donors (Lipinski definition) is 2. The minimum absolute atomic E-state index is 0.115. The maximum absolute atomic E-state index is 13.1. The van der Waals surface area contributed by atoms with Gasteiger partial charge in [-0.25, -0.2) is 13.2 Å². The molecule has 0 aliphatic heterocycles. The molecule has 0 aliphatic rings. The van der Waals surface area contributed by atoms with Gasteiger partial charge in [0.05, 0.1) is 23.2 Å². The minimum Gasteiger partial charge on any atom is -0.467 e. The molecule has 0 aliphatic carbocycles. The summed E-state index contributed by atoms with van der Waals surface area (Å²) in [5, 5.41) is 2.70. The number of furan rings is 1. The van der Waals surface area contributed by atoms with Gasteiger partial charge in [-0.3, -0.25) is 9.36 Å². The summed E-state index contributed by atoms with van der Waals surface area (Å²) in [6, 6.07) is 15.5. The highest BCUT2D eigenvalue weighted by atomic mass is 32.2. The third-order valence-electron chi connectivity index (χ3n) is 4.99. The Morgan fingerprint density at radius 3 is 2.59 bits per heavy atom. The summed E-state index contributed by atoms with van der Waals surface area (Å²) in [4.78, 5) is 24.5. The number of sulfonamides is 1. The maximum Gasteiger partial charge on any atom is 0.419 e. The SMILES string of the molecule is Cn1c(=O)oc2cc(S(=O)(=O)NC(Cc3ccccc3)C(=O)NCc3ccco3)ccc21. The molecule has 4 rings (SSSR count). The fourth-order valence-corrected chi connectivity index (χ4v) is 4.50. The van der Waals surface area contributed by atoms with Crippen LogP contribution in [0.3, 0.4) is 0 Å². The van der Waals surface area contributed by atoms with E-state index in [1.807, 2.05) is 30.3 Å². The van der Waals surface area contributed by atoms with Crippen molar-refractivity contribution in [3.05, 3.63) is 88.8 Å². The van der Waals surface area contributed by atoms with Crippen LogP contribution in [0.2, 0.25) is 0 Å². The number of rotatable bonds is 8. The molecule has 32 heavy (non-hydrogen) atoms. The van der Waals surface area contributed by atoms with Gasteiger partial charge in [0, 0.05) is 13.1 Å². The van der Waals surface area contributed by atoms with Crippen molar-refractivity contribution in [1.82, 2.24) is 14.6 Å². The van der Waals surface area contributed by atoms with Gasteiger partial charge in [-0.2, -0.15) is 4.72 Å². The van der Waals surface area contributed by atoms with E-state index >= 15 is 0 Å². The third kappa shape index (κ3) is 4.66. The molecule has 0 saturated heterocycles. The Balaban J connectivity index is 1.59. The van der Waals surface area contributed by atoms with Crippen LogP contribution >= 0.6 is 0 Å².